The maximum Gasteiger partial charge on any atom is 0.0404 e. The maximum atomic E-state index is 5.43. The van der Waals surface area contributed by atoms with Crippen LogP contribution in [0.15, 0.2) is 12.2 Å². The zero-order chi connectivity index (χ0) is 6.95. The van der Waals surface area contributed by atoms with Crippen LogP contribution in [-0.4, -0.2) is 5.88 Å². The minimum atomic E-state index is 0.659. The van der Waals surface area contributed by atoms with Crippen LogP contribution in [0.4, 0.5) is 0 Å². The summed E-state index contributed by atoms with van der Waals surface area (Å²) in [7, 11) is 0. The molecular weight excluding hydrogens is 132 g/mol. The van der Waals surface area contributed by atoms with Gasteiger partial charge in [0.05, 0.1) is 0 Å². The first-order valence-electron chi connectivity index (χ1n) is 3.62. The molecule has 0 aromatic rings. The van der Waals surface area contributed by atoms with Gasteiger partial charge in [-0.3, -0.25) is 0 Å². The molecule has 0 aromatic heterocycles. The first-order chi connectivity index (χ1) is 4.41. The highest BCUT2D eigenvalue weighted by molar-refractivity contribution is 6.18. The predicted octanol–water partition coefficient (Wildman–Crippen LogP) is 3.36. The van der Waals surface area contributed by atoms with Crippen LogP contribution in [0.5, 0.6) is 0 Å². The molecule has 0 amide bonds. The molecule has 0 radical (unpaired) electrons. The van der Waals surface area contributed by atoms with Crippen molar-refractivity contribution >= 4 is 11.6 Å². The average Bonchev–Trinajstić information content (AvgIpc) is 1.89. The standard InChI is InChI=1S/C8H15Cl/c1-2-3-4-5-6-7-8-9/h6-7H,2-5,8H2,1H3. The van der Waals surface area contributed by atoms with Crippen LogP contribution in [0.3, 0.4) is 0 Å². The Kier molecular flexibility index (Phi) is 8.06. The van der Waals surface area contributed by atoms with E-state index in [-0.39, 0.29) is 0 Å². The number of allylic oxidation sites excluding steroid dienone is 2. The first kappa shape index (κ1) is 9.03. The quantitative estimate of drug-likeness (QED) is 0.317. The van der Waals surface area contributed by atoms with Crippen LogP contribution < -0.4 is 0 Å². The number of halogens is 1. The largest absolute Gasteiger partial charge is 0.122 e. The molecule has 0 spiro atoms. The van der Waals surface area contributed by atoms with E-state index in [0.717, 1.165) is 0 Å². The van der Waals surface area contributed by atoms with Gasteiger partial charge in [-0.1, -0.05) is 31.9 Å². The molecule has 0 saturated carbocycles. The fourth-order valence-electron chi connectivity index (χ4n) is 0.693. The summed E-state index contributed by atoms with van der Waals surface area (Å²) in [6.45, 7) is 2.21. The van der Waals surface area contributed by atoms with Crippen molar-refractivity contribution in [1.29, 1.82) is 0 Å². The molecule has 0 fully saturated rings. The van der Waals surface area contributed by atoms with Gasteiger partial charge >= 0.3 is 0 Å². The SMILES string of the molecule is CCCCCC=CCCl. The van der Waals surface area contributed by atoms with Crippen LogP contribution >= 0.6 is 11.6 Å². The zero-order valence-electron chi connectivity index (χ0n) is 6.07. The molecule has 0 aliphatic heterocycles. The van der Waals surface area contributed by atoms with Gasteiger partial charge in [0.2, 0.25) is 0 Å². The summed E-state index contributed by atoms with van der Waals surface area (Å²) in [5.74, 6) is 0.659. The predicted molar refractivity (Wildman–Crippen MR) is 44.0 cm³/mol. The minimum absolute atomic E-state index is 0.659. The minimum Gasteiger partial charge on any atom is -0.122 e. The topological polar surface area (TPSA) is 0 Å². The average molecular weight is 147 g/mol. The summed E-state index contributed by atoms with van der Waals surface area (Å²) in [6.07, 6.45) is 9.31. The zero-order valence-corrected chi connectivity index (χ0v) is 6.82. The molecular formula is C8H15Cl. The van der Waals surface area contributed by atoms with Crippen LogP contribution in [-0.2, 0) is 0 Å². The lowest BCUT2D eigenvalue weighted by Crippen LogP contribution is -1.70. The molecule has 0 aliphatic carbocycles. The number of unbranched alkanes of at least 4 members (excludes halogenated alkanes) is 3. The van der Waals surface area contributed by atoms with Gasteiger partial charge < -0.3 is 0 Å². The molecule has 9 heavy (non-hydrogen) atoms. The third-order valence-electron chi connectivity index (χ3n) is 1.23. The molecule has 0 unspecified atom stereocenters. The lowest BCUT2D eigenvalue weighted by atomic mass is 10.2. The van der Waals surface area contributed by atoms with E-state index in [1.807, 2.05) is 6.08 Å². The van der Waals surface area contributed by atoms with Crippen LogP contribution in [0, 0.1) is 0 Å². The Morgan fingerprint density at radius 2 is 2.00 bits per heavy atom. The summed E-state index contributed by atoms with van der Waals surface area (Å²) in [6, 6.07) is 0. The van der Waals surface area contributed by atoms with Crippen molar-refractivity contribution < 1.29 is 0 Å². The van der Waals surface area contributed by atoms with Crippen molar-refractivity contribution in [2.75, 3.05) is 5.88 Å². The highest BCUT2D eigenvalue weighted by Gasteiger charge is 1.79. The summed E-state index contributed by atoms with van der Waals surface area (Å²) in [5.41, 5.74) is 0. The Hall–Kier alpha value is 0.0300. The van der Waals surface area contributed by atoms with Gasteiger partial charge in [0, 0.05) is 5.88 Å². The lowest BCUT2D eigenvalue weighted by molar-refractivity contribution is 0.729. The molecule has 0 saturated heterocycles. The molecule has 0 N–H and O–H groups in total. The second-order valence-corrected chi connectivity index (χ2v) is 2.43. The van der Waals surface area contributed by atoms with E-state index in [9.17, 15) is 0 Å². The van der Waals surface area contributed by atoms with E-state index in [2.05, 4.69) is 13.0 Å². The summed E-state index contributed by atoms with van der Waals surface area (Å²) >= 11 is 5.43. The van der Waals surface area contributed by atoms with E-state index in [1.165, 1.54) is 25.7 Å². The third kappa shape index (κ3) is 8.03. The number of alkyl halides is 1. The summed E-state index contributed by atoms with van der Waals surface area (Å²) < 4.78 is 0. The monoisotopic (exact) mass is 146 g/mol. The van der Waals surface area contributed by atoms with Gasteiger partial charge in [0.1, 0.15) is 0 Å². The Morgan fingerprint density at radius 1 is 1.22 bits per heavy atom. The summed E-state index contributed by atoms with van der Waals surface area (Å²) in [5, 5.41) is 0. The summed E-state index contributed by atoms with van der Waals surface area (Å²) in [4.78, 5) is 0. The number of hydrogen-bond acceptors (Lipinski definition) is 0. The molecule has 0 rings (SSSR count). The molecule has 0 aromatic carbocycles. The van der Waals surface area contributed by atoms with Gasteiger partial charge in [-0.2, -0.15) is 0 Å². The van der Waals surface area contributed by atoms with E-state index < -0.39 is 0 Å². The van der Waals surface area contributed by atoms with Gasteiger partial charge in [-0.15, -0.1) is 11.6 Å². The second-order valence-electron chi connectivity index (χ2n) is 2.12. The molecule has 0 bridgehead atoms. The van der Waals surface area contributed by atoms with E-state index in [1.54, 1.807) is 0 Å². The fraction of sp³-hybridized carbons (Fsp3) is 0.750. The highest BCUT2D eigenvalue weighted by atomic mass is 35.5. The third-order valence-corrected chi connectivity index (χ3v) is 1.41. The van der Waals surface area contributed by atoms with Crippen molar-refractivity contribution in [1.82, 2.24) is 0 Å². The molecule has 0 atom stereocenters. The van der Waals surface area contributed by atoms with Crippen LogP contribution in [0.1, 0.15) is 32.6 Å². The number of hydrogen-bond donors (Lipinski definition) is 0. The van der Waals surface area contributed by atoms with Crippen molar-refractivity contribution in [3.05, 3.63) is 12.2 Å². The Bertz CT molecular complexity index is 67.0. The van der Waals surface area contributed by atoms with Crippen molar-refractivity contribution in [3.63, 3.8) is 0 Å². The fourth-order valence-corrected chi connectivity index (χ4v) is 0.819. The van der Waals surface area contributed by atoms with E-state index >= 15 is 0 Å². The second kappa shape index (κ2) is 8.03. The van der Waals surface area contributed by atoms with E-state index in [4.69, 9.17) is 11.6 Å². The van der Waals surface area contributed by atoms with Crippen LogP contribution in [0.2, 0.25) is 0 Å². The van der Waals surface area contributed by atoms with Crippen molar-refractivity contribution in [3.8, 4) is 0 Å². The number of rotatable bonds is 5. The normalized spacial score (nSPS) is 10.9. The Morgan fingerprint density at radius 3 is 2.56 bits per heavy atom. The van der Waals surface area contributed by atoms with Gasteiger partial charge in [-0.25, -0.2) is 0 Å². The Labute approximate surface area is 62.9 Å². The molecule has 0 heterocycles. The first-order valence-corrected chi connectivity index (χ1v) is 4.16. The highest BCUT2D eigenvalue weighted by Crippen LogP contribution is 1.99. The molecule has 54 valence electrons. The molecule has 1 heteroatoms. The van der Waals surface area contributed by atoms with E-state index in [0.29, 0.717) is 5.88 Å². The molecule has 0 nitrogen and oxygen atoms in total. The van der Waals surface area contributed by atoms with Crippen LogP contribution in [0.25, 0.3) is 0 Å². The smallest absolute Gasteiger partial charge is 0.0404 e. The Balaban J connectivity index is 2.82. The van der Waals surface area contributed by atoms with Crippen molar-refractivity contribution in [2.24, 2.45) is 0 Å². The van der Waals surface area contributed by atoms with Crippen molar-refractivity contribution in [2.45, 2.75) is 32.6 Å². The van der Waals surface area contributed by atoms with Gasteiger partial charge in [0.25, 0.3) is 0 Å². The van der Waals surface area contributed by atoms with Gasteiger partial charge in [-0.05, 0) is 12.8 Å². The van der Waals surface area contributed by atoms with Gasteiger partial charge in [0.15, 0.2) is 0 Å². The molecule has 0 aliphatic rings. The maximum absolute atomic E-state index is 5.43. The lowest BCUT2D eigenvalue weighted by Gasteiger charge is -1.89.